The number of fused-ring (bicyclic) bond motifs is 1. The monoisotopic (exact) mass is 410 g/mol. The number of aromatic nitrogens is 2. The van der Waals surface area contributed by atoms with Crippen molar-refractivity contribution in [3.63, 3.8) is 0 Å². The Bertz CT molecular complexity index is 1020. The molecule has 2 aromatic carbocycles. The van der Waals surface area contributed by atoms with Gasteiger partial charge < -0.3 is 19.7 Å². The fourth-order valence-corrected chi connectivity index (χ4v) is 3.63. The second kappa shape index (κ2) is 8.73. The van der Waals surface area contributed by atoms with Gasteiger partial charge in [-0.15, -0.1) is 0 Å². The third-order valence-electron chi connectivity index (χ3n) is 5.24. The normalized spacial score (nSPS) is 14.9. The summed E-state index contributed by atoms with van der Waals surface area (Å²) in [7, 11) is 0. The van der Waals surface area contributed by atoms with Crippen LogP contribution in [0.3, 0.4) is 0 Å². The molecular weight excluding hydrogens is 388 g/mol. The van der Waals surface area contributed by atoms with Gasteiger partial charge in [-0.2, -0.15) is 5.26 Å². The number of nitriles is 1. The first-order chi connectivity index (χ1) is 14.1. The van der Waals surface area contributed by atoms with E-state index in [1.54, 1.807) is 0 Å². The van der Waals surface area contributed by atoms with Crippen LogP contribution in [0.1, 0.15) is 30.9 Å². The van der Waals surface area contributed by atoms with Crippen molar-refractivity contribution in [3.8, 4) is 11.8 Å². The highest BCUT2D eigenvalue weighted by molar-refractivity contribution is 6.31. The van der Waals surface area contributed by atoms with E-state index in [0.29, 0.717) is 29.8 Å². The number of hydrogen-bond acceptors (Lipinski definition) is 5. The smallest absolute Gasteiger partial charge is 0.204 e. The molecule has 0 radical (unpaired) electrons. The molecule has 7 heteroatoms. The van der Waals surface area contributed by atoms with Gasteiger partial charge in [0.2, 0.25) is 5.95 Å². The number of rotatable bonds is 8. The van der Waals surface area contributed by atoms with Crippen molar-refractivity contribution >= 4 is 28.6 Å². The highest BCUT2D eigenvalue weighted by Crippen LogP contribution is 2.37. The quantitative estimate of drug-likeness (QED) is 0.577. The van der Waals surface area contributed by atoms with Crippen molar-refractivity contribution in [2.75, 3.05) is 18.5 Å². The molecule has 1 aliphatic carbocycles. The van der Waals surface area contributed by atoms with E-state index in [0.717, 1.165) is 35.4 Å². The number of imidazole rings is 1. The Labute approximate surface area is 174 Å². The van der Waals surface area contributed by atoms with Crippen molar-refractivity contribution in [2.24, 2.45) is 0 Å². The Balaban J connectivity index is 1.38. The summed E-state index contributed by atoms with van der Waals surface area (Å²) in [6.07, 6.45) is 3.15. The lowest BCUT2D eigenvalue weighted by Gasteiger charge is -2.29. The van der Waals surface area contributed by atoms with E-state index in [4.69, 9.17) is 21.6 Å². The summed E-state index contributed by atoms with van der Waals surface area (Å²) in [6.45, 7) is 0.496. The number of aliphatic hydroxyl groups is 1. The van der Waals surface area contributed by atoms with Crippen molar-refractivity contribution in [1.29, 1.82) is 5.26 Å². The number of ether oxygens (including phenoxy) is 1. The zero-order chi connectivity index (χ0) is 20.2. The molecule has 6 nitrogen and oxygen atoms in total. The highest BCUT2D eigenvalue weighted by atomic mass is 35.5. The number of benzene rings is 2. The van der Waals surface area contributed by atoms with Crippen LogP contribution in [0.5, 0.6) is 5.75 Å². The van der Waals surface area contributed by atoms with E-state index >= 15 is 0 Å². The van der Waals surface area contributed by atoms with Crippen LogP contribution < -0.4 is 10.1 Å². The van der Waals surface area contributed by atoms with Crippen LogP contribution in [0.2, 0.25) is 5.02 Å². The molecule has 1 unspecified atom stereocenters. The predicted molar refractivity (Wildman–Crippen MR) is 113 cm³/mol. The van der Waals surface area contributed by atoms with Crippen LogP contribution in [-0.2, 0) is 6.42 Å². The van der Waals surface area contributed by atoms with Gasteiger partial charge in [-0.1, -0.05) is 23.7 Å². The predicted octanol–water partition coefficient (Wildman–Crippen LogP) is 4.33. The van der Waals surface area contributed by atoms with Gasteiger partial charge >= 0.3 is 0 Å². The van der Waals surface area contributed by atoms with Crippen molar-refractivity contribution in [2.45, 2.75) is 37.8 Å². The summed E-state index contributed by atoms with van der Waals surface area (Å²) in [6, 6.07) is 15.6. The Kier molecular flexibility index (Phi) is 5.89. The summed E-state index contributed by atoms with van der Waals surface area (Å²) < 4.78 is 7.86. The van der Waals surface area contributed by atoms with Crippen LogP contribution in [0, 0.1) is 11.3 Å². The molecule has 1 fully saturated rings. The maximum absolute atomic E-state index is 10.3. The largest absolute Gasteiger partial charge is 0.491 e. The van der Waals surface area contributed by atoms with Crippen LogP contribution in [0.25, 0.3) is 11.0 Å². The van der Waals surface area contributed by atoms with Gasteiger partial charge in [0.1, 0.15) is 18.5 Å². The molecule has 0 spiro atoms. The minimum atomic E-state index is -0.688. The van der Waals surface area contributed by atoms with Crippen LogP contribution in [-0.4, -0.2) is 33.9 Å². The second-order valence-corrected chi connectivity index (χ2v) is 7.78. The van der Waals surface area contributed by atoms with Gasteiger partial charge in [0.15, 0.2) is 0 Å². The summed E-state index contributed by atoms with van der Waals surface area (Å²) >= 11 is 6.19. The van der Waals surface area contributed by atoms with Crippen LogP contribution >= 0.6 is 11.6 Å². The Morgan fingerprint density at radius 3 is 2.76 bits per heavy atom. The maximum Gasteiger partial charge on any atom is 0.204 e. The average molecular weight is 411 g/mol. The fourth-order valence-electron chi connectivity index (χ4n) is 3.46. The highest BCUT2D eigenvalue weighted by Gasteiger charge is 2.25. The summed E-state index contributed by atoms with van der Waals surface area (Å²) in [5, 5.41) is 23.0. The molecule has 2 N–H and O–H groups in total. The molecule has 1 saturated carbocycles. The van der Waals surface area contributed by atoms with Crippen LogP contribution in [0.4, 0.5) is 5.95 Å². The van der Waals surface area contributed by atoms with Gasteiger partial charge in [-0.05, 0) is 55.2 Å². The molecule has 0 aliphatic heterocycles. The molecule has 1 aromatic heterocycles. The molecule has 150 valence electrons. The topological polar surface area (TPSA) is 83.1 Å². The molecule has 4 rings (SSSR count). The Morgan fingerprint density at radius 2 is 2.07 bits per heavy atom. The van der Waals surface area contributed by atoms with E-state index in [1.165, 1.54) is 6.42 Å². The first kappa shape index (κ1) is 19.6. The molecule has 1 aliphatic rings. The first-order valence-electron chi connectivity index (χ1n) is 9.82. The lowest BCUT2D eigenvalue weighted by atomic mass is 9.93. The number of anilines is 1. The molecule has 1 heterocycles. The SMILES string of the molecule is N#CCc1ccc(OCC(O)CNc2nc3ccc(Cl)cc3n2C2CCC2)cc1. The molecular formula is C22H23ClN4O2. The lowest BCUT2D eigenvalue weighted by molar-refractivity contribution is 0.117. The number of nitrogens with one attached hydrogen (secondary N) is 1. The molecule has 0 saturated heterocycles. The van der Waals surface area contributed by atoms with Crippen molar-refractivity contribution < 1.29 is 9.84 Å². The second-order valence-electron chi connectivity index (χ2n) is 7.35. The zero-order valence-electron chi connectivity index (χ0n) is 16.0. The third kappa shape index (κ3) is 4.47. The molecule has 1 atom stereocenters. The zero-order valence-corrected chi connectivity index (χ0v) is 16.8. The minimum Gasteiger partial charge on any atom is -0.491 e. The van der Waals surface area contributed by atoms with Gasteiger partial charge in [-0.25, -0.2) is 4.98 Å². The van der Waals surface area contributed by atoms with Crippen LogP contribution in [0.15, 0.2) is 42.5 Å². The van der Waals surface area contributed by atoms with Gasteiger partial charge in [0.25, 0.3) is 0 Å². The van der Waals surface area contributed by atoms with Gasteiger partial charge in [0.05, 0.1) is 23.5 Å². The van der Waals surface area contributed by atoms with Gasteiger partial charge in [-0.3, -0.25) is 0 Å². The summed E-state index contributed by atoms with van der Waals surface area (Å²) in [4.78, 5) is 4.69. The number of aliphatic hydroxyl groups excluding tert-OH is 1. The van der Waals surface area contributed by atoms with E-state index < -0.39 is 6.10 Å². The van der Waals surface area contributed by atoms with Crippen molar-refractivity contribution in [1.82, 2.24) is 9.55 Å². The Hall–Kier alpha value is -2.75. The first-order valence-corrected chi connectivity index (χ1v) is 10.2. The molecule has 0 bridgehead atoms. The van der Waals surface area contributed by atoms with Gasteiger partial charge in [0, 0.05) is 17.6 Å². The standard InChI is InChI=1S/C22H23ClN4O2/c23-16-6-9-20-21(12-16)27(17-2-1-3-17)22(26-20)25-13-18(28)14-29-19-7-4-15(5-8-19)10-11-24/h4-9,12,17-18,28H,1-3,10,13-14H2,(H,25,26). The number of nitrogens with zero attached hydrogens (tertiary/aromatic N) is 3. The Morgan fingerprint density at radius 1 is 1.28 bits per heavy atom. The molecule has 0 amide bonds. The summed E-state index contributed by atoms with van der Waals surface area (Å²) in [5.41, 5.74) is 2.86. The van der Waals surface area contributed by atoms with E-state index in [1.807, 2.05) is 42.5 Å². The van der Waals surface area contributed by atoms with E-state index in [2.05, 4.69) is 20.9 Å². The van der Waals surface area contributed by atoms with E-state index in [-0.39, 0.29) is 6.61 Å². The average Bonchev–Trinajstić information content (AvgIpc) is 3.02. The lowest BCUT2D eigenvalue weighted by Crippen LogP contribution is -2.28. The maximum atomic E-state index is 10.3. The van der Waals surface area contributed by atoms with E-state index in [9.17, 15) is 5.11 Å². The fraction of sp³-hybridized carbons (Fsp3) is 0.364. The third-order valence-corrected chi connectivity index (χ3v) is 5.47. The van der Waals surface area contributed by atoms with Crippen molar-refractivity contribution in [3.05, 3.63) is 53.1 Å². The number of halogens is 1. The minimum absolute atomic E-state index is 0.167. The molecule has 29 heavy (non-hydrogen) atoms. The summed E-state index contributed by atoms with van der Waals surface area (Å²) in [5.74, 6) is 1.42. The molecule has 3 aromatic rings. The number of hydrogen-bond donors (Lipinski definition) is 2.